The van der Waals surface area contributed by atoms with E-state index in [1.807, 2.05) is 6.92 Å². The third-order valence-electron chi connectivity index (χ3n) is 6.28. The topological polar surface area (TPSA) is 94.5 Å². The molecule has 0 spiro atoms. The summed E-state index contributed by atoms with van der Waals surface area (Å²) in [5, 5.41) is 21.5. The fraction of sp³-hybridized carbons (Fsp3) is 0.731. The number of halogens is 1. The summed E-state index contributed by atoms with van der Waals surface area (Å²) in [5.74, 6) is -3.50. The van der Waals surface area contributed by atoms with Gasteiger partial charge in [0.15, 0.2) is 5.79 Å². The van der Waals surface area contributed by atoms with E-state index in [9.17, 15) is 15.0 Å². The molecule has 2 rings (SSSR count). The van der Waals surface area contributed by atoms with Gasteiger partial charge < -0.3 is 29.2 Å². The van der Waals surface area contributed by atoms with E-state index in [0.29, 0.717) is 25.4 Å². The number of hydrogen-bond donors (Lipinski definition) is 2. The molecule has 1 fully saturated rings. The predicted molar refractivity (Wildman–Crippen MR) is 131 cm³/mol. The van der Waals surface area contributed by atoms with E-state index in [1.165, 1.54) is 12.1 Å². The Kier molecular flexibility index (Phi) is 12.3. The van der Waals surface area contributed by atoms with Gasteiger partial charge in [-0.05, 0) is 31.4 Å². The number of unbranched alkanes of at least 4 members (excludes halogenated alkanes) is 3. The van der Waals surface area contributed by atoms with Gasteiger partial charge >= 0.3 is 5.97 Å². The van der Waals surface area contributed by atoms with Crippen molar-refractivity contribution in [3.05, 3.63) is 34.3 Å². The number of aromatic carboxylic acids is 1. The molecule has 0 aliphatic carbocycles. The van der Waals surface area contributed by atoms with E-state index in [4.69, 9.17) is 30.5 Å². The van der Waals surface area contributed by atoms with Crippen LogP contribution in [0.2, 0.25) is 5.02 Å². The maximum atomic E-state index is 11.8. The quantitative estimate of drug-likeness (QED) is 0.311. The van der Waals surface area contributed by atoms with E-state index in [2.05, 4.69) is 20.8 Å². The molecular weight excluding hydrogens is 460 g/mol. The second-order valence-electron chi connectivity index (χ2n) is 8.95. The van der Waals surface area contributed by atoms with Gasteiger partial charge in [0.05, 0.1) is 23.3 Å². The molecule has 0 amide bonds. The molecule has 1 saturated heterocycles. The summed E-state index contributed by atoms with van der Waals surface area (Å²) in [6.45, 7) is 10.0. The van der Waals surface area contributed by atoms with Crippen molar-refractivity contribution in [2.75, 3.05) is 26.4 Å². The molecule has 194 valence electrons. The average molecular weight is 501 g/mol. The molecule has 1 aromatic rings. The van der Waals surface area contributed by atoms with E-state index < -0.39 is 36.0 Å². The van der Waals surface area contributed by atoms with Crippen LogP contribution in [0.3, 0.4) is 0 Å². The summed E-state index contributed by atoms with van der Waals surface area (Å²) in [4.78, 5) is 11.7. The van der Waals surface area contributed by atoms with E-state index >= 15 is 0 Å². The first-order chi connectivity index (χ1) is 16.3. The van der Waals surface area contributed by atoms with Gasteiger partial charge in [-0.15, -0.1) is 0 Å². The summed E-state index contributed by atoms with van der Waals surface area (Å²) in [6, 6.07) is 4.44. The molecule has 0 bridgehead atoms. The second kappa shape index (κ2) is 14.4. The Balaban J connectivity index is 2.42. The standard InChI is InChI=1S/C26H41ClO7/c1-5-8-13-31-17-22-24(33-15-10-7-3)23(32-14-9-6-2)18(4)26(30,34-22)19-11-12-21(27)20(16-19)25(28)29/h11-12,16,18,22-24,30H,5-10,13-15,17H2,1-4H3,(H,28,29)/t18-,22?,23?,24?,26?/m1/s1. The van der Waals surface area contributed by atoms with Gasteiger partial charge in [0, 0.05) is 31.3 Å². The molecule has 1 aliphatic heterocycles. The number of ether oxygens (including phenoxy) is 4. The van der Waals surface area contributed by atoms with Crippen LogP contribution in [0.15, 0.2) is 18.2 Å². The number of rotatable bonds is 15. The third kappa shape index (κ3) is 7.39. The molecular formula is C26H41ClO7. The smallest absolute Gasteiger partial charge is 0.337 e. The molecule has 1 heterocycles. The Bertz CT molecular complexity index is 759. The van der Waals surface area contributed by atoms with E-state index in [-0.39, 0.29) is 17.2 Å². The maximum Gasteiger partial charge on any atom is 0.337 e. The molecule has 1 aromatic carbocycles. The summed E-state index contributed by atoms with van der Waals surface area (Å²) in [6.07, 6.45) is 4.20. The van der Waals surface area contributed by atoms with Gasteiger partial charge in [-0.1, -0.05) is 64.6 Å². The Morgan fingerprint density at radius 3 is 2.21 bits per heavy atom. The van der Waals surface area contributed by atoms with Gasteiger partial charge in [0.2, 0.25) is 0 Å². The maximum absolute atomic E-state index is 11.8. The minimum Gasteiger partial charge on any atom is -0.478 e. The van der Waals surface area contributed by atoms with E-state index in [0.717, 1.165) is 38.5 Å². The number of aliphatic hydroxyl groups is 1. The highest BCUT2D eigenvalue weighted by Gasteiger charge is 2.54. The number of benzene rings is 1. The van der Waals surface area contributed by atoms with Crippen molar-refractivity contribution in [1.29, 1.82) is 0 Å². The minimum absolute atomic E-state index is 0.0936. The van der Waals surface area contributed by atoms with Gasteiger partial charge in [-0.2, -0.15) is 0 Å². The first-order valence-corrected chi connectivity index (χ1v) is 12.9. The summed E-state index contributed by atoms with van der Waals surface area (Å²) >= 11 is 6.08. The summed E-state index contributed by atoms with van der Waals surface area (Å²) in [7, 11) is 0. The monoisotopic (exact) mass is 500 g/mol. The SMILES string of the molecule is CCCCOCC1OC(O)(c2ccc(Cl)c(C(=O)O)c2)[C@H](C)C(OCCCC)C1OCCCC. The van der Waals surface area contributed by atoms with Crippen LogP contribution in [-0.4, -0.2) is 60.9 Å². The number of carboxylic acids is 1. The van der Waals surface area contributed by atoms with Crippen molar-refractivity contribution in [3.63, 3.8) is 0 Å². The Labute approximate surface area is 208 Å². The molecule has 4 unspecified atom stereocenters. The van der Waals surface area contributed by atoms with Crippen LogP contribution in [0, 0.1) is 5.92 Å². The predicted octanol–water partition coefficient (Wildman–Crippen LogP) is 5.41. The van der Waals surface area contributed by atoms with E-state index in [1.54, 1.807) is 6.07 Å². The van der Waals surface area contributed by atoms with Crippen molar-refractivity contribution in [1.82, 2.24) is 0 Å². The number of hydrogen-bond acceptors (Lipinski definition) is 6. The molecule has 1 aliphatic rings. The molecule has 0 saturated carbocycles. The first-order valence-electron chi connectivity index (χ1n) is 12.5. The van der Waals surface area contributed by atoms with Gasteiger partial charge in [0.1, 0.15) is 12.2 Å². The average Bonchev–Trinajstić information content (AvgIpc) is 2.81. The van der Waals surface area contributed by atoms with Crippen LogP contribution in [0.25, 0.3) is 0 Å². The fourth-order valence-corrected chi connectivity index (χ4v) is 4.31. The lowest BCUT2D eigenvalue weighted by atomic mass is 9.81. The highest BCUT2D eigenvalue weighted by Crippen LogP contribution is 2.43. The van der Waals surface area contributed by atoms with Crippen molar-refractivity contribution in [3.8, 4) is 0 Å². The minimum atomic E-state index is -1.80. The van der Waals surface area contributed by atoms with Gasteiger partial charge in [0.25, 0.3) is 0 Å². The largest absolute Gasteiger partial charge is 0.478 e. The van der Waals surface area contributed by atoms with Crippen LogP contribution in [-0.2, 0) is 24.7 Å². The van der Waals surface area contributed by atoms with Gasteiger partial charge in [-0.3, -0.25) is 0 Å². The van der Waals surface area contributed by atoms with Crippen LogP contribution in [0.1, 0.15) is 82.1 Å². The molecule has 0 aromatic heterocycles. The zero-order valence-electron chi connectivity index (χ0n) is 20.9. The molecule has 7 nitrogen and oxygen atoms in total. The highest BCUT2D eigenvalue weighted by atomic mass is 35.5. The molecule has 2 N–H and O–H groups in total. The lowest BCUT2D eigenvalue weighted by Gasteiger charge is -2.50. The molecule has 0 radical (unpaired) electrons. The third-order valence-corrected chi connectivity index (χ3v) is 6.61. The van der Waals surface area contributed by atoms with Gasteiger partial charge in [-0.25, -0.2) is 4.79 Å². The Morgan fingerprint density at radius 2 is 1.62 bits per heavy atom. The lowest BCUT2D eigenvalue weighted by Crippen LogP contribution is -2.61. The Hall–Kier alpha value is -1.22. The number of carboxylic acid groups (broad SMARTS) is 1. The molecule has 5 atom stereocenters. The fourth-order valence-electron chi connectivity index (χ4n) is 4.11. The van der Waals surface area contributed by atoms with Crippen molar-refractivity contribution in [2.45, 2.75) is 90.3 Å². The van der Waals surface area contributed by atoms with Crippen molar-refractivity contribution < 1.29 is 34.0 Å². The number of carbonyl (C=O) groups is 1. The van der Waals surface area contributed by atoms with Crippen LogP contribution in [0.5, 0.6) is 0 Å². The molecule has 34 heavy (non-hydrogen) atoms. The van der Waals surface area contributed by atoms with Crippen molar-refractivity contribution >= 4 is 17.6 Å². The normalized spacial score (nSPS) is 27.1. The highest BCUT2D eigenvalue weighted by molar-refractivity contribution is 6.33. The zero-order chi connectivity index (χ0) is 25.1. The van der Waals surface area contributed by atoms with Crippen LogP contribution in [0.4, 0.5) is 0 Å². The Morgan fingerprint density at radius 1 is 1.03 bits per heavy atom. The van der Waals surface area contributed by atoms with Crippen LogP contribution >= 0.6 is 11.6 Å². The second-order valence-corrected chi connectivity index (χ2v) is 9.35. The summed E-state index contributed by atoms with van der Waals surface area (Å²) < 4.78 is 24.7. The van der Waals surface area contributed by atoms with Crippen LogP contribution < -0.4 is 0 Å². The molecule has 8 heteroatoms. The first kappa shape index (κ1) is 29.0. The zero-order valence-corrected chi connectivity index (χ0v) is 21.7. The van der Waals surface area contributed by atoms with Crippen molar-refractivity contribution in [2.24, 2.45) is 5.92 Å². The summed E-state index contributed by atoms with van der Waals surface area (Å²) in [5.41, 5.74) is 0.223. The lowest BCUT2D eigenvalue weighted by molar-refractivity contribution is -0.352.